The van der Waals surface area contributed by atoms with Crippen LogP contribution in [0.25, 0.3) is 60.2 Å². The molecule has 0 bridgehead atoms. The first-order valence-electron chi connectivity index (χ1n) is 16.4. The van der Waals surface area contributed by atoms with Gasteiger partial charge >= 0.3 is 0 Å². The van der Waals surface area contributed by atoms with Crippen molar-refractivity contribution in [1.29, 1.82) is 0 Å². The van der Waals surface area contributed by atoms with Gasteiger partial charge in [-0.25, -0.2) is 9.98 Å². The fourth-order valence-electron chi connectivity index (χ4n) is 7.43. The van der Waals surface area contributed by atoms with Crippen LogP contribution in [0.4, 0.5) is 0 Å². The zero-order valence-corrected chi connectivity index (χ0v) is 26.6. The van der Waals surface area contributed by atoms with Gasteiger partial charge in [-0.3, -0.25) is 0 Å². The number of rotatable bonds is 4. The maximum atomic E-state index is 6.81. The second-order valence-electron chi connectivity index (χ2n) is 12.6. The topological polar surface area (TPSA) is 54.8 Å². The smallest absolute Gasteiger partial charge is 0.168 e. The largest absolute Gasteiger partial charge is 0.455 e. The monoisotopic (exact) mass is 628 g/mol. The molecule has 49 heavy (non-hydrogen) atoms. The molecule has 10 rings (SSSR count). The molecule has 2 aliphatic rings. The first-order valence-corrected chi connectivity index (χ1v) is 16.4. The van der Waals surface area contributed by atoms with Crippen LogP contribution in [0, 0.1) is 0 Å². The minimum Gasteiger partial charge on any atom is -0.455 e. The highest BCUT2D eigenvalue weighted by atomic mass is 16.3. The zero-order chi connectivity index (χ0) is 32.5. The molecule has 0 fully saturated rings. The van der Waals surface area contributed by atoms with Crippen LogP contribution in [0.3, 0.4) is 0 Å². The Morgan fingerprint density at radius 1 is 0.755 bits per heavy atom. The molecule has 1 aliphatic heterocycles. The maximum absolute atomic E-state index is 6.81. The van der Waals surface area contributed by atoms with Crippen molar-refractivity contribution in [1.82, 2.24) is 9.88 Å². The van der Waals surface area contributed by atoms with Crippen LogP contribution >= 0.6 is 0 Å². The molecule has 1 atom stereocenters. The normalized spacial score (nSPS) is 17.2. The van der Waals surface area contributed by atoms with Crippen molar-refractivity contribution in [3.8, 4) is 5.69 Å². The van der Waals surface area contributed by atoms with Crippen LogP contribution in [0.5, 0.6) is 0 Å². The number of hydrogen-bond acceptors (Lipinski definition) is 4. The summed E-state index contributed by atoms with van der Waals surface area (Å²) >= 11 is 0. The number of benzene rings is 6. The first-order chi connectivity index (χ1) is 24.2. The molecule has 0 radical (unpaired) electrons. The average molecular weight is 629 g/mol. The summed E-state index contributed by atoms with van der Waals surface area (Å²) in [7, 11) is 0. The molecule has 8 aromatic rings. The Hall–Kier alpha value is -6.64. The van der Waals surface area contributed by atoms with E-state index in [1.807, 2.05) is 48.6 Å². The number of aromatic nitrogens is 1. The van der Waals surface area contributed by atoms with E-state index in [9.17, 15) is 0 Å². The molecule has 0 spiro atoms. The predicted octanol–water partition coefficient (Wildman–Crippen LogP) is 10.3. The highest BCUT2D eigenvalue weighted by Gasteiger charge is 2.34. The number of hydrogen-bond donors (Lipinski definition) is 1. The van der Waals surface area contributed by atoms with Gasteiger partial charge in [-0.15, -0.1) is 0 Å². The van der Waals surface area contributed by atoms with E-state index in [1.165, 1.54) is 10.8 Å². The molecule has 3 heterocycles. The summed E-state index contributed by atoms with van der Waals surface area (Å²) < 4.78 is 9.17. The first kappa shape index (κ1) is 27.5. The molecule has 5 heteroatoms. The lowest BCUT2D eigenvalue weighted by atomic mass is 9.97. The summed E-state index contributed by atoms with van der Waals surface area (Å²) in [5.41, 5.74) is 13.2. The Balaban J connectivity index is 1.40. The third-order valence-electron chi connectivity index (χ3n) is 9.67. The molecule has 1 aliphatic carbocycles. The van der Waals surface area contributed by atoms with Gasteiger partial charge in [-0.05, 0) is 65.7 Å². The van der Waals surface area contributed by atoms with Crippen molar-refractivity contribution in [3.05, 3.63) is 174 Å². The highest BCUT2D eigenvalue weighted by molar-refractivity contribution is 6.33. The minimum absolute atomic E-state index is 0.593. The van der Waals surface area contributed by atoms with E-state index in [1.54, 1.807) is 0 Å². The number of amidine groups is 2. The molecular weight excluding hydrogens is 601 g/mol. The molecule has 6 aromatic carbocycles. The van der Waals surface area contributed by atoms with Crippen molar-refractivity contribution in [3.63, 3.8) is 0 Å². The lowest BCUT2D eigenvalue weighted by Crippen LogP contribution is -2.46. The van der Waals surface area contributed by atoms with E-state index >= 15 is 0 Å². The molecule has 0 amide bonds. The number of fused-ring (bicyclic) bond motifs is 9. The van der Waals surface area contributed by atoms with Gasteiger partial charge in [-0.1, -0.05) is 115 Å². The van der Waals surface area contributed by atoms with Crippen LogP contribution < -0.4 is 5.32 Å². The summed E-state index contributed by atoms with van der Waals surface area (Å²) in [6.45, 7) is 2.10. The predicted molar refractivity (Wildman–Crippen MR) is 201 cm³/mol. The second kappa shape index (κ2) is 10.4. The van der Waals surface area contributed by atoms with Gasteiger partial charge < -0.3 is 14.3 Å². The molecule has 5 nitrogen and oxygen atoms in total. The van der Waals surface area contributed by atoms with Crippen LogP contribution in [0.15, 0.2) is 177 Å². The maximum Gasteiger partial charge on any atom is 0.168 e. The summed E-state index contributed by atoms with van der Waals surface area (Å²) in [6, 6.07) is 44.4. The Labute approximate surface area is 281 Å². The van der Waals surface area contributed by atoms with Gasteiger partial charge in [0.1, 0.15) is 17.0 Å². The lowest BCUT2D eigenvalue weighted by molar-refractivity contribution is 0.455. The van der Waals surface area contributed by atoms with Crippen molar-refractivity contribution in [2.24, 2.45) is 9.98 Å². The van der Waals surface area contributed by atoms with E-state index in [2.05, 4.69) is 125 Å². The van der Waals surface area contributed by atoms with E-state index in [-0.39, 0.29) is 0 Å². The molecule has 1 unspecified atom stereocenters. The third kappa shape index (κ3) is 4.14. The second-order valence-corrected chi connectivity index (χ2v) is 12.6. The van der Waals surface area contributed by atoms with Gasteiger partial charge in [0.25, 0.3) is 0 Å². The van der Waals surface area contributed by atoms with Crippen molar-refractivity contribution in [2.45, 2.75) is 12.6 Å². The number of furan rings is 1. The average Bonchev–Trinajstić information content (AvgIpc) is 3.72. The molecule has 2 aromatic heterocycles. The van der Waals surface area contributed by atoms with Gasteiger partial charge in [0.05, 0.1) is 22.0 Å². The molecule has 230 valence electrons. The van der Waals surface area contributed by atoms with Gasteiger partial charge in [-0.2, -0.15) is 0 Å². The zero-order valence-electron chi connectivity index (χ0n) is 26.6. The molecular formula is C44H28N4O. The summed E-state index contributed by atoms with van der Waals surface area (Å²) in [4.78, 5) is 10.5. The summed E-state index contributed by atoms with van der Waals surface area (Å²) in [6.07, 6.45) is 5.78. The number of para-hydroxylation sites is 2. The van der Waals surface area contributed by atoms with E-state index in [0.29, 0.717) is 5.84 Å². The van der Waals surface area contributed by atoms with Crippen LogP contribution in [0.2, 0.25) is 0 Å². The fourth-order valence-corrected chi connectivity index (χ4v) is 7.43. The Kier molecular flexibility index (Phi) is 5.85. The SMILES string of the molecule is CC1(c2ccccc2)N=C(C2=C=C=CC=C2)N=C(c2cc3c4ccccc4oc3c3c4c5ccccc5ccc4n(-c4ccccc4)c23)N1. The standard InChI is InChI=1S/C44H28N4O/c1-44(30-18-7-3-8-19-30)46-42(29-16-5-2-6-17-29)45-43(47-44)35-27-34-33-23-13-14-24-37(33)49-41(34)39-38-32-22-12-11-15-28(32)25-26-36(38)48(40(35)39)31-20-9-4-10-21-31/h2-5,7-16,18-27H,1H3,(H,45,46,47). The number of allylic oxidation sites excluding steroid dienone is 2. The highest BCUT2D eigenvalue weighted by Crippen LogP contribution is 2.45. The van der Waals surface area contributed by atoms with Crippen LogP contribution in [-0.4, -0.2) is 16.2 Å². The van der Waals surface area contributed by atoms with Crippen LogP contribution in [-0.2, 0) is 5.66 Å². The van der Waals surface area contributed by atoms with Gasteiger partial charge in [0, 0.05) is 27.4 Å². The van der Waals surface area contributed by atoms with E-state index < -0.39 is 5.66 Å². The number of nitrogens with zero attached hydrogens (tertiary/aromatic N) is 3. The van der Waals surface area contributed by atoms with Crippen molar-refractivity contribution in [2.75, 3.05) is 0 Å². The lowest BCUT2D eigenvalue weighted by Gasteiger charge is -2.33. The Morgan fingerprint density at radius 2 is 1.51 bits per heavy atom. The van der Waals surface area contributed by atoms with Crippen molar-refractivity contribution >= 4 is 66.2 Å². The molecule has 1 N–H and O–H groups in total. The fraction of sp³-hybridized carbons (Fsp3) is 0.0455. The molecule has 0 saturated heterocycles. The quantitative estimate of drug-likeness (QED) is 0.197. The minimum atomic E-state index is -0.812. The summed E-state index contributed by atoms with van der Waals surface area (Å²) in [5.74, 6) is 1.31. The van der Waals surface area contributed by atoms with Gasteiger partial charge in [0.2, 0.25) is 0 Å². The van der Waals surface area contributed by atoms with Gasteiger partial charge in [0.15, 0.2) is 11.5 Å². The van der Waals surface area contributed by atoms with Crippen LogP contribution in [0.1, 0.15) is 18.1 Å². The Morgan fingerprint density at radius 3 is 2.33 bits per heavy atom. The number of nitrogens with one attached hydrogen (secondary N) is 1. The molecule has 0 saturated carbocycles. The summed E-state index contributed by atoms with van der Waals surface area (Å²) in [5, 5.41) is 10.4. The van der Waals surface area contributed by atoms with Crippen molar-refractivity contribution < 1.29 is 4.42 Å². The number of aliphatic imine (C=N–C) groups is 2. The van der Waals surface area contributed by atoms with E-state index in [0.717, 1.165) is 72.0 Å². The third-order valence-corrected chi connectivity index (χ3v) is 9.67. The van der Waals surface area contributed by atoms with E-state index in [4.69, 9.17) is 14.4 Å². The Bertz CT molecular complexity index is 2870.